The summed E-state index contributed by atoms with van der Waals surface area (Å²) < 4.78 is 0. The van der Waals surface area contributed by atoms with Gasteiger partial charge < -0.3 is 15.5 Å². The van der Waals surface area contributed by atoms with Crippen LogP contribution in [0.5, 0.6) is 0 Å². The number of carbonyl (C=O) groups is 2. The fraction of sp³-hybridized carbons (Fsp3) is 0.867. The molecule has 2 saturated heterocycles. The van der Waals surface area contributed by atoms with E-state index in [0.717, 1.165) is 32.5 Å². The van der Waals surface area contributed by atoms with Gasteiger partial charge in [-0.15, -0.1) is 0 Å². The number of carbonyl (C=O) groups excluding carboxylic acids is 2. The van der Waals surface area contributed by atoms with E-state index in [0.29, 0.717) is 30.5 Å². The molecule has 0 aromatic rings. The SMILES string of the molecule is CC1C2CNCC2CN1CC(=O)N(C)CC(=O)NC1CC1. The van der Waals surface area contributed by atoms with Gasteiger partial charge in [0.2, 0.25) is 11.8 Å². The van der Waals surface area contributed by atoms with Crippen LogP contribution in [-0.2, 0) is 9.59 Å². The van der Waals surface area contributed by atoms with Crippen LogP contribution >= 0.6 is 0 Å². The Balaban J connectivity index is 1.45. The van der Waals surface area contributed by atoms with Crippen LogP contribution in [0.4, 0.5) is 0 Å². The summed E-state index contributed by atoms with van der Waals surface area (Å²) in [6, 6.07) is 0.800. The van der Waals surface area contributed by atoms with Gasteiger partial charge in [-0.3, -0.25) is 14.5 Å². The molecule has 0 aromatic heterocycles. The van der Waals surface area contributed by atoms with Gasteiger partial charge in [-0.1, -0.05) is 0 Å². The van der Waals surface area contributed by atoms with Crippen molar-refractivity contribution in [3.05, 3.63) is 0 Å². The minimum Gasteiger partial charge on any atom is -0.352 e. The van der Waals surface area contributed by atoms with Crippen molar-refractivity contribution in [1.29, 1.82) is 0 Å². The lowest BCUT2D eigenvalue weighted by Gasteiger charge is -2.26. The van der Waals surface area contributed by atoms with Gasteiger partial charge in [0, 0.05) is 25.7 Å². The van der Waals surface area contributed by atoms with E-state index in [-0.39, 0.29) is 18.4 Å². The van der Waals surface area contributed by atoms with E-state index in [4.69, 9.17) is 0 Å². The number of amides is 2. The van der Waals surface area contributed by atoms with Crippen LogP contribution in [0.3, 0.4) is 0 Å². The normalized spacial score (nSPS) is 32.0. The van der Waals surface area contributed by atoms with Gasteiger partial charge in [0.1, 0.15) is 0 Å². The highest BCUT2D eigenvalue weighted by Gasteiger charge is 2.42. The number of fused-ring (bicyclic) bond motifs is 1. The average Bonchev–Trinajstić information content (AvgIpc) is 3.03. The summed E-state index contributed by atoms with van der Waals surface area (Å²) in [7, 11) is 1.72. The zero-order valence-electron chi connectivity index (χ0n) is 13.0. The van der Waals surface area contributed by atoms with E-state index >= 15 is 0 Å². The molecular formula is C15H26N4O2. The van der Waals surface area contributed by atoms with Crippen LogP contribution in [0.25, 0.3) is 0 Å². The first-order valence-electron chi connectivity index (χ1n) is 8.02. The monoisotopic (exact) mass is 294 g/mol. The molecule has 2 heterocycles. The summed E-state index contributed by atoms with van der Waals surface area (Å²) in [5.74, 6) is 1.35. The second-order valence-electron chi connectivity index (χ2n) is 6.84. The molecule has 6 heteroatoms. The van der Waals surface area contributed by atoms with Crippen molar-refractivity contribution in [3.63, 3.8) is 0 Å². The first-order chi connectivity index (χ1) is 10.0. The predicted molar refractivity (Wildman–Crippen MR) is 79.7 cm³/mol. The van der Waals surface area contributed by atoms with Crippen molar-refractivity contribution in [2.24, 2.45) is 11.8 Å². The minimum atomic E-state index is -0.0381. The van der Waals surface area contributed by atoms with E-state index in [2.05, 4.69) is 22.5 Å². The Labute approximate surface area is 126 Å². The van der Waals surface area contributed by atoms with Crippen molar-refractivity contribution in [2.75, 3.05) is 39.8 Å². The molecule has 0 aromatic carbocycles. The molecule has 3 atom stereocenters. The number of nitrogens with zero attached hydrogens (tertiary/aromatic N) is 2. The summed E-state index contributed by atoms with van der Waals surface area (Å²) in [6.45, 7) is 5.94. The maximum atomic E-state index is 12.3. The summed E-state index contributed by atoms with van der Waals surface area (Å²) in [5, 5.41) is 6.35. The van der Waals surface area contributed by atoms with E-state index in [1.165, 1.54) is 0 Å². The third kappa shape index (κ3) is 3.37. The molecule has 1 saturated carbocycles. The fourth-order valence-corrected chi connectivity index (χ4v) is 3.56. The van der Waals surface area contributed by atoms with E-state index < -0.39 is 0 Å². The molecule has 3 fully saturated rings. The summed E-state index contributed by atoms with van der Waals surface area (Å²) in [4.78, 5) is 27.9. The van der Waals surface area contributed by atoms with E-state index in [1.54, 1.807) is 11.9 Å². The molecular weight excluding hydrogens is 268 g/mol. The highest BCUT2D eigenvalue weighted by Crippen LogP contribution is 2.31. The third-order valence-electron chi connectivity index (χ3n) is 5.14. The first-order valence-corrected chi connectivity index (χ1v) is 8.02. The summed E-state index contributed by atoms with van der Waals surface area (Å²) >= 11 is 0. The highest BCUT2D eigenvalue weighted by molar-refractivity contribution is 5.85. The molecule has 0 radical (unpaired) electrons. The number of hydrogen-bond donors (Lipinski definition) is 2. The van der Waals surface area contributed by atoms with Gasteiger partial charge in [0.05, 0.1) is 13.1 Å². The number of likely N-dealkylation sites (N-methyl/N-ethyl adjacent to an activating group) is 1. The van der Waals surface area contributed by atoms with Crippen LogP contribution in [0.2, 0.25) is 0 Å². The minimum absolute atomic E-state index is 0.0381. The van der Waals surface area contributed by atoms with Gasteiger partial charge in [-0.05, 0) is 44.7 Å². The first kappa shape index (κ1) is 14.8. The second kappa shape index (κ2) is 5.93. The molecule has 1 aliphatic carbocycles. The predicted octanol–water partition coefficient (Wildman–Crippen LogP) is -0.737. The number of hydrogen-bond acceptors (Lipinski definition) is 4. The molecule has 3 rings (SSSR count). The van der Waals surface area contributed by atoms with Crippen molar-refractivity contribution >= 4 is 11.8 Å². The zero-order valence-corrected chi connectivity index (χ0v) is 13.0. The Kier molecular flexibility index (Phi) is 4.17. The van der Waals surface area contributed by atoms with E-state index in [1.807, 2.05) is 0 Å². The standard InChI is InChI=1S/C15H26N4O2/c1-10-13-6-16-5-11(13)7-19(10)9-15(21)18(2)8-14(20)17-12-3-4-12/h10-13,16H,3-9H2,1-2H3,(H,17,20). The van der Waals surface area contributed by atoms with Crippen LogP contribution in [0.1, 0.15) is 19.8 Å². The molecule has 3 unspecified atom stereocenters. The summed E-state index contributed by atoms with van der Waals surface area (Å²) in [5.41, 5.74) is 0. The Hall–Kier alpha value is -1.14. The van der Waals surface area contributed by atoms with Crippen LogP contribution < -0.4 is 10.6 Å². The molecule has 2 N–H and O–H groups in total. The largest absolute Gasteiger partial charge is 0.352 e. The van der Waals surface area contributed by atoms with Crippen molar-refractivity contribution < 1.29 is 9.59 Å². The van der Waals surface area contributed by atoms with Crippen molar-refractivity contribution in [1.82, 2.24) is 20.4 Å². The lowest BCUT2D eigenvalue weighted by Crippen LogP contribution is -2.45. The van der Waals surface area contributed by atoms with Gasteiger partial charge in [-0.25, -0.2) is 0 Å². The Morgan fingerprint density at radius 2 is 2.10 bits per heavy atom. The summed E-state index contributed by atoms with van der Waals surface area (Å²) in [6.07, 6.45) is 2.15. The van der Waals surface area contributed by atoms with Crippen LogP contribution in [0.15, 0.2) is 0 Å². The van der Waals surface area contributed by atoms with Crippen LogP contribution in [-0.4, -0.2) is 73.5 Å². The van der Waals surface area contributed by atoms with Crippen molar-refractivity contribution in [3.8, 4) is 0 Å². The average molecular weight is 294 g/mol. The topological polar surface area (TPSA) is 64.7 Å². The fourth-order valence-electron chi connectivity index (χ4n) is 3.56. The molecule has 118 valence electrons. The zero-order chi connectivity index (χ0) is 15.0. The van der Waals surface area contributed by atoms with Crippen molar-refractivity contribution in [2.45, 2.75) is 31.8 Å². The maximum absolute atomic E-state index is 12.3. The molecule has 21 heavy (non-hydrogen) atoms. The molecule has 6 nitrogen and oxygen atoms in total. The Morgan fingerprint density at radius 3 is 2.76 bits per heavy atom. The number of likely N-dealkylation sites (tertiary alicyclic amines) is 1. The van der Waals surface area contributed by atoms with Gasteiger partial charge in [0.25, 0.3) is 0 Å². The molecule has 0 spiro atoms. The molecule has 3 aliphatic rings. The van der Waals surface area contributed by atoms with Crippen LogP contribution in [0, 0.1) is 11.8 Å². The maximum Gasteiger partial charge on any atom is 0.239 e. The Bertz CT molecular complexity index is 424. The molecule has 2 amide bonds. The molecule has 0 bridgehead atoms. The number of nitrogens with one attached hydrogen (secondary N) is 2. The smallest absolute Gasteiger partial charge is 0.239 e. The quantitative estimate of drug-likeness (QED) is 0.701. The number of rotatable bonds is 5. The van der Waals surface area contributed by atoms with Gasteiger partial charge in [0.15, 0.2) is 0 Å². The molecule has 2 aliphatic heterocycles. The lowest BCUT2D eigenvalue weighted by molar-refractivity contribution is -0.135. The Morgan fingerprint density at radius 1 is 1.33 bits per heavy atom. The lowest BCUT2D eigenvalue weighted by atomic mass is 9.95. The third-order valence-corrected chi connectivity index (χ3v) is 5.14. The van der Waals surface area contributed by atoms with Gasteiger partial charge in [-0.2, -0.15) is 0 Å². The highest BCUT2D eigenvalue weighted by atomic mass is 16.2. The van der Waals surface area contributed by atoms with Gasteiger partial charge >= 0.3 is 0 Å². The van der Waals surface area contributed by atoms with E-state index in [9.17, 15) is 9.59 Å². The second-order valence-corrected chi connectivity index (χ2v) is 6.84.